The molecule has 0 atom stereocenters. The van der Waals surface area contributed by atoms with E-state index in [-0.39, 0.29) is 0 Å². The van der Waals surface area contributed by atoms with Crippen molar-refractivity contribution in [2.45, 2.75) is 27.4 Å². The largest absolute Gasteiger partial charge is 0.377 e. The first-order valence-electron chi connectivity index (χ1n) is 6.83. The minimum absolute atomic E-state index is 0.481. The first-order chi connectivity index (χ1) is 10.2. The van der Waals surface area contributed by atoms with Crippen LogP contribution < -0.4 is 5.32 Å². The van der Waals surface area contributed by atoms with Gasteiger partial charge in [-0.25, -0.2) is 0 Å². The minimum Gasteiger partial charge on any atom is -0.377 e. The van der Waals surface area contributed by atoms with E-state index in [4.69, 9.17) is 4.74 Å². The fourth-order valence-corrected chi connectivity index (χ4v) is 1.93. The van der Waals surface area contributed by atoms with Crippen LogP contribution in [0.15, 0.2) is 24.3 Å². The molecule has 0 bridgehead atoms. The van der Waals surface area contributed by atoms with Crippen molar-refractivity contribution < 1.29 is 4.74 Å². The van der Waals surface area contributed by atoms with Gasteiger partial charge in [0.2, 0.25) is 0 Å². The molecule has 5 heteroatoms. The second kappa shape index (κ2) is 6.82. The third-order valence-electron chi connectivity index (χ3n) is 3.23. The lowest BCUT2D eigenvalue weighted by atomic mass is 10.1. The highest BCUT2D eigenvalue weighted by atomic mass is 16.5. The van der Waals surface area contributed by atoms with Gasteiger partial charge in [0.1, 0.15) is 11.6 Å². The first kappa shape index (κ1) is 14.9. The van der Waals surface area contributed by atoms with Crippen molar-refractivity contribution in [3.05, 3.63) is 46.6 Å². The summed E-state index contributed by atoms with van der Waals surface area (Å²) in [6, 6.07) is 10.0. The van der Waals surface area contributed by atoms with Gasteiger partial charge in [0.15, 0.2) is 5.82 Å². The molecule has 0 unspecified atom stereocenters. The van der Waals surface area contributed by atoms with Crippen molar-refractivity contribution in [1.29, 1.82) is 5.26 Å². The summed E-state index contributed by atoms with van der Waals surface area (Å²) in [5.41, 5.74) is 4.07. The SMILES string of the molecule is CCOCc1cccc(Nc2nnc(C)c(C)c2C#N)c1. The predicted molar refractivity (Wildman–Crippen MR) is 81.3 cm³/mol. The average Bonchev–Trinajstić information content (AvgIpc) is 2.50. The summed E-state index contributed by atoms with van der Waals surface area (Å²) >= 11 is 0. The highest BCUT2D eigenvalue weighted by Gasteiger charge is 2.11. The number of anilines is 2. The highest BCUT2D eigenvalue weighted by molar-refractivity contribution is 5.64. The maximum Gasteiger partial charge on any atom is 0.171 e. The molecule has 0 aliphatic heterocycles. The second-order valence-corrected chi connectivity index (χ2v) is 4.71. The van der Waals surface area contributed by atoms with Gasteiger partial charge in [-0.15, -0.1) is 5.10 Å². The Morgan fingerprint density at radius 1 is 1.29 bits per heavy atom. The first-order valence-corrected chi connectivity index (χ1v) is 6.83. The number of aryl methyl sites for hydroxylation is 1. The van der Waals surface area contributed by atoms with E-state index >= 15 is 0 Å². The van der Waals surface area contributed by atoms with Gasteiger partial charge in [0.25, 0.3) is 0 Å². The Bertz CT molecular complexity index is 676. The molecular weight excluding hydrogens is 264 g/mol. The van der Waals surface area contributed by atoms with Gasteiger partial charge in [0.05, 0.1) is 12.3 Å². The molecule has 2 rings (SSSR count). The summed E-state index contributed by atoms with van der Waals surface area (Å²) in [6.45, 7) is 6.93. The van der Waals surface area contributed by atoms with Crippen LogP contribution in [-0.4, -0.2) is 16.8 Å². The second-order valence-electron chi connectivity index (χ2n) is 4.71. The molecule has 21 heavy (non-hydrogen) atoms. The number of benzene rings is 1. The Kier molecular flexibility index (Phi) is 4.85. The lowest BCUT2D eigenvalue weighted by Crippen LogP contribution is -2.04. The van der Waals surface area contributed by atoms with E-state index in [2.05, 4.69) is 21.6 Å². The van der Waals surface area contributed by atoms with Gasteiger partial charge in [-0.05, 0) is 44.0 Å². The number of aromatic nitrogens is 2. The van der Waals surface area contributed by atoms with Crippen LogP contribution >= 0.6 is 0 Å². The van der Waals surface area contributed by atoms with E-state index in [0.717, 1.165) is 22.5 Å². The lowest BCUT2D eigenvalue weighted by molar-refractivity contribution is 0.134. The quantitative estimate of drug-likeness (QED) is 0.911. The molecule has 1 heterocycles. The number of hydrogen-bond acceptors (Lipinski definition) is 5. The average molecular weight is 282 g/mol. The van der Waals surface area contributed by atoms with Gasteiger partial charge >= 0.3 is 0 Å². The fourth-order valence-electron chi connectivity index (χ4n) is 1.93. The van der Waals surface area contributed by atoms with Crippen LogP contribution in [0.1, 0.15) is 29.3 Å². The van der Waals surface area contributed by atoms with Crippen LogP contribution in [-0.2, 0) is 11.3 Å². The number of nitrogens with one attached hydrogen (secondary N) is 1. The van der Waals surface area contributed by atoms with Gasteiger partial charge < -0.3 is 10.1 Å². The highest BCUT2D eigenvalue weighted by Crippen LogP contribution is 2.22. The zero-order valence-corrected chi connectivity index (χ0v) is 12.5. The molecule has 1 aromatic carbocycles. The van der Waals surface area contributed by atoms with E-state index in [1.807, 2.05) is 45.0 Å². The van der Waals surface area contributed by atoms with Crippen molar-refractivity contribution in [3.8, 4) is 6.07 Å². The number of rotatable bonds is 5. The molecule has 0 amide bonds. The van der Waals surface area contributed by atoms with E-state index < -0.39 is 0 Å². The summed E-state index contributed by atoms with van der Waals surface area (Å²) in [6.07, 6.45) is 0. The third-order valence-corrected chi connectivity index (χ3v) is 3.23. The molecule has 0 aliphatic carbocycles. The summed E-state index contributed by atoms with van der Waals surface area (Å²) in [4.78, 5) is 0. The Hall–Kier alpha value is -2.45. The minimum atomic E-state index is 0.481. The molecule has 2 aromatic rings. The molecule has 1 N–H and O–H groups in total. The molecule has 1 aromatic heterocycles. The van der Waals surface area contributed by atoms with Gasteiger partial charge in [0, 0.05) is 12.3 Å². The van der Waals surface area contributed by atoms with E-state index in [1.54, 1.807) is 0 Å². The molecule has 0 fully saturated rings. The third kappa shape index (κ3) is 3.56. The van der Waals surface area contributed by atoms with Crippen LogP contribution in [0.3, 0.4) is 0 Å². The molecule has 0 radical (unpaired) electrons. The molecule has 0 spiro atoms. The van der Waals surface area contributed by atoms with E-state index in [0.29, 0.717) is 24.6 Å². The van der Waals surface area contributed by atoms with Crippen molar-refractivity contribution in [2.24, 2.45) is 0 Å². The van der Waals surface area contributed by atoms with Crippen molar-refractivity contribution in [3.63, 3.8) is 0 Å². The maximum absolute atomic E-state index is 9.29. The zero-order valence-electron chi connectivity index (χ0n) is 12.5. The van der Waals surface area contributed by atoms with E-state index in [1.165, 1.54) is 0 Å². The molecule has 0 saturated heterocycles. The van der Waals surface area contributed by atoms with Gasteiger partial charge in [-0.3, -0.25) is 0 Å². The Balaban J connectivity index is 2.27. The smallest absolute Gasteiger partial charge is 0.171 e. The van der Waals surface area contributed by atoms with Crippen molar-refractivity contribution in [2.75, 3.05) is 11.9 Å². The van der Waals surface area contributed by atoms with Gasteiger partial charge in [-0.2, -0.15) is 10.4 Å². The number of nitriles is 1. The summed E-state index contributed by atoms with van der Waals surface area (Å²) in [5.74, 6) is 0.481. The summed E-state index contributed by atoms with van der Waals surface area (Å²) in [5, 5.41) is 20.6. The van der Waals surface area contributed by atoms with Crippen LogP contribution in [0.2, 0.25) is 0 Å². The fraction of sp³-hybridized carbons (Fsp3) is 0.312. The normalized spacial score (nSPS) is 10.2. The monoisotopic (exact) mass is 282 g/mol. The number of hydrogen-bond donors (Lipinski definition) is 1. The molecule has 108 valence electrons. The number of nitrogens with zero attached hydrogens (tertiary/aromatic N) is 3. The summed E-state index contributed by atoms with van der Waals surface area (Å²) < 4.78 is 5.40. The lowest BCUT2D eigenvalue weighted by Gasteiger charge is -2.10. The van der Waals surface area contributed by atoms with Crippen molar-refractivity contribution >= 4 is 11.5 Å². The zero-order chi connectivity index (χ0) is 15.2. The van der Waals surface area contributed by atoms with Crippen LogP contribution in [0.4, 0.5) is 11.5 Å². The molecular formula is C16H18N4O. The molecule has 0 saturated carbocycles. The van der Waals surface area contributed by atoms with Gasteiger partial charge in [-0.1, -0.05) is 12.1 Å². The van der Waals surface area contributed by atoms with Crippen LogP contribution in [0, 0.1) is 25.2 Å². The maximum atomic E-state index is 9.29. The Labute approximate surface area is 124 Å². The van der Waals surface area contributed by atoms with Crippen LogP contribution in [0.5, 0.6) is 0 Å². The molecule has 0 aliphatic rings. The van der Waals surface area contributed by atoms with E-state index in [9.17, 15) is 5.26 Å². The topological polar surface area (TPSA) is 70.8 Å². The van der Waals surface area contributed by atoms with Crippen LogP contribution in [0.25, 0.3) is 0 Å². The molecule has 5 nitrogen and oxygen atoms in total. The standard InChI is InChI=1S/C16H18N4O/c1-4-21-10-13-6-5-7-14(8-13)18-16-15(9-17)11(2)12(3)19-20-16/h5-8H,4,10H2,1-3H3,(H,18,20). The Morgan fingerprint density at radius 2 is 2.10 bits per heavy atom. The summed E-state index contributed by atoms with van der Waals surface area (Å²) in [7, 11) is 0. The number of ether oxygens (including phenoxy) is 1. The Morgan fingerprint density at radius 3 is 2.81 bits per heavy atom. The predicted octanol–water partition coefficient (Wildman–Crippen LogP) is 3.25. The van der Waals surface area contributed by atoms with Crippen molar-refractivity contribution in [1.82, 2.24) is 10.2 Å².